The molecule has 1 fully saturated rings. The molecule has 0 radical (unpaired) electrons. The van der Waals surface area contributed by atoms with Crippen molar-refractivity contribution < 1.29 is 18.7 Å². The first kappa shape index (κ1) is 16.8. The van der Waals surface area contributed by atoms with E-state index in [4.69, 9.17) is 10.5 Å². The fourth-order valence-electron chi connectivity index (χ4n) is 2.82. The number of hydrogen-bond donors (Lipinski definition) is 2. The highest BCUT2D eigenvalue weighted by Gasteiger charge is 2.40. The number of nitrogens with two attached hydrogens (primary N) is 1. The van der Waals surface area contributed by atoms with Crippen molar-refractivity contribution in [3.63, 3.8) is 0 Å². The number of halogens is 1. The topological polar surface area (TPSA) is 84.7 Å². The van der Waals surface area contributed by atoms with E-state index in [0.717, 1.165) is 0 Å². The van der Waals surface area contributed by atoms with Crippen LogP contribution in [0.25, 0.3) is 0 Å². The van der Waals surface area contributed by atoms with Gasteiger partial charge in [0.15, 0.2) is 0 Å². The van der Waals surface area contributed by atoms with Gasteiger partial charge >= 0.3 is 6.03 Å². The van der Waals surface area contributed by atoms with E-state index in [1.165, 1.54) is 23.1 Å². The zero-order chi connectivity index (χ0) is 17.8. The summed E-state index contributed by atoms with van der Waals surface area (Å²) >= 11 is 0. The number of carbonyl (C=O) groups excluding carboxylic acids is 2. The summed E-state index contributed by atoms with van der Waals surface area (Å²) in [7, 11) is 0. The second-order valence-corrected chi connectivity index (χ2v) is 5.77. The van der Waals surface area contributed by atoms with Gasteiger partial charge in [-0.2, -0.15) is 0 Å². The zero-order valence-corrected chi connectivity index (χ0v) is 13.4. The van der Waals surface area contributed by atoms with E-state index < -0.39 is 23.8 Å². The normalized spacial score (nSPS) is 19.5. The molecule has 6 nitrogen and oxygen atoms in total. The molecular weight excluding hydrogens is 325 g/mol. The molecular formula is C18H18FN3O3. The highest BCUT2D eigenvalue weighted by Crippen LogP contribution is 2.24. The molecule has 2 aromatic rings. The number of benzene rings is 2. The molecule has 1 aliphatic rings. The molecule has 0 spiro atoms. The molecule has 0 saturated carbocycles. The van der Waals surface area contributed by atoms with Crippen molar-refractivity contribution in [2.24, 2.45) is 5.73 Å². The maximum absolute atomic E-state index is 13.7. The van der Waals surface area contributed by atoms with Crippen LogP contribution in [0.1, 0.15) is 6.42 Å². The average molecular weight is 343 g/mol. The molecule has 1 saturated heterocycles. The Morgan fingerprint density at radius 1 is 1.12 bits per heavy atom. The van der Waals surface area contributed by atoms with E-state index in [9.17, 15) is 14.0 Å². The predicted octanol–water partition coefficient (Wildman–Crippen LogP) is 2.36. The number of amides is 3. The Kier molecular flexibility index (Phi) is 4.83. The third-order valence-electron chi connectivity index (χ3n) is 4.01. The molecule has 1 aliphatic heterocycles. The number of para-hydroxylation sites is 2. The van der Waals surface area contributed by atoms with Gasteiger partial charge in [0.05, 0.1) is 12.2 Å². The minimum Gasteiger partial charge on any atom is -0.488 e. The number of primary amides is 1. The second kappa shape index (κ2) is 7.21. The van der Waals surface area contributed by atoms with Crippen LogP contribution in [0, 0.1) is 5.82 Å². The van der Waals surface area contributed by atoms with Gasteiger partial charge in [-0.3, -0.25) is 4.79 Å². The summed E-state index contributed by atoms with van der Waals surface area (Å²) in [5.41, 5.74) is 5.46. The monoisotopic (exact) mass is 343 g/mol. The lowest BCUT2D eigenvalue weighted by atomic mass is 10.2. The Bertz CT molecular complexity index is 769. The van der Waals surface area contributed by atoms with Crippen LogP contribution in [-0.2, 0) is 4.79 Å². The number of anilines is 1. The van der Waals surface area contributed by atoms with E-state index in [1.54, 1.807) is 18.2 Å². The average Bonchev–Trinajstić information content (AvgIpc) is 3.02. The van der Waals surface area contributed by atoms with Crippen molar-refractivity contribution in [1.29, 1.82) is 0 Å². The Morgan fingerprint density at radius 3 is 2.48 bits per heavy atom. The quantitative estimate of drug-likeness (QED) is 0.894. The minimum atomic E-state index is -0.805. The van der Waals surface area contributed by atoms with Crippen molar-refractivity contribution in [2.75, 3.05) is 11.9 Å². The molecule has 2 atom stereocenters. The summed E-state index contributed by atoms with van der Waals surface area (Å²) in [6.45, 7) is 0.183. The Labute approximate surface area is 144 Å². The van der Waals surface area contributed by atoms with Crippen LogP contribution in [0.2, 0.25) is 0 Å². The number of ether oxygens (including phenoxy) is 1. The predicted molar refractivity (Wildman–Crippen MR) is 90.6 cm³/mol. The van der Waals surface area contributed by atoms with E-state index >= 15 is 0 Å². The van der Waals surface area contributed by atoms with Crippen LogP contribution in [0.5, 0.6) is 5.75 Å². The van der Waals surface area contributed by atoms with Gasteiger partial charge < -0.3 is 20.7 Å². The molecule has 25 heavy (non-hydrogen) atoms. The maximum atomic E-state index is 13.7. The number of nitrogens with one attached hydrogen (secondary N) is 1. The molecule has 0 aliphatic carbocycles. The smallest absolute Gasteiger partial charge is 0.322 e. The Morgan fingerprint density at radius 2 is 1.80 bits per heavy atom. The van der Waals surface area contributed by atoms with Crippen LogP contribution in [-0.4, -0.2) is 35.5 Å². The number of rotatable bonds is 4. The second-order valence-electron chi connectivity index (χ2n) is 5.77. The van der Waals surface area contributed by atoms with Gasteiger partial charge in [-0.1, -0.05) is 30.3 Å². The van der Waals surface area contributed by atoms with Crippen LogP contribution < -0.4 is 15.8 Å². The number of nitrogens with zero attached hydrogens (tertiary/aromatic N) is 1. The molecule has 2 aromatic carbocycles. The molecule has 130 valence electrons. The molecule has 0 bridgehead atoms. The highest BCUT2D eigenvalue weighted by molar-refractivity contribution is 5.94. The van der Waals surface area contributed by atoms with Crippen molar-refractivity contribution in [1.82, 2.24) is 4.90 Å². The Hall–Kier alpha value is -3.09. The van der Waals surface area contributed by atoms with E-state index in [-0.39, 0.29) is 24.8 Å². The van der Waals surface area contributed by atoms with Gasteiger partial charge in [0, 0.05) is 6.42 Å². The summed E-state index contributed by atoms with van der Waals surface area (Å²) in [6, 6.07) is 13.5. The SMILES string of the molecule is NC(=O)[C@@H]1C[C@H](Oc2ccccc2)CN1C(=O)Nc1ccccc1F. The third-order valence-corrected chi connectivity index (χ3v) is 4.01. The molecule has 3 rings (SSSR count). The summed E-state index contributed by atoms with van der Waals surface area (Å²) in [4.78, 5) is 25.4. The van der Waals surface area contributed by atoms with E-state index in [0.29, 0.717) is 5.75 Å². The van der Waals surface area contributed by atoms with Crippen LogP contribution >= 0.6 is 0 Å². The highest BCUT2D eigenvalue weighted by atomic mass is 19.1. The lowest BCUT2D eigenvalue weighted by Gasteiger charge is -2.22. The van der Waals surface area contributed by atoms with Crippen LogP contribution in [0.4, 0.5) is 14.9 Å². The summed E-state index contributed by atoms with van der Waals surface area (Å²) < 4.78 is 19.5. The molecule has 3 amide bonds. The van der Waals surface area contributed by atoms with E-state index in [2.05, 4.69) is 5.32 Å². The van der Waals surface area contributed by atoms with Gasteiger partial charge in [-0.15, -0.1) is 0 Å². The van der Waals surface area contributed by atoms with Gasteiger partial charge in [0.1, 0.15) is 23.7 Å². The molecule has 1 heterocycles. The molecule has 0 unspecified atom stereocenters. The fraction of sp³-hybridized carbons (Fsp3) is 0.222. The van der Waals surface area contributed by atoms with Gasteiger partial charge in [0.25, 0.3) is 0 Å². The fourth-order valence-corrected chi connectivity index (χ4v) is 2.82. The first-order chi connectivity index (χ1) is 12.0. The van der Waals surface area contributed by atoms with E-state index in [1.807, 2.05) is 18.2 Å². The first-order valence-corrected chi connectivity index (χ1v) is 7.88. The first-order valence-electron chi connectivity index (χ1n) is 7.88. The van der Waals surface area contributed by atoms with Crippen molar-refractivity contribution in [3.8, 4) is 5.75 Å². The largest absolute Gasteiger partial charge is 0.488 e. The summed E-state index contributed by atoms with van der Waals surface area (Å²) in [5.74, 6) is -0.530. The number of hydrogen-bond acceptors (Lipinski definition) is 3. The lowest BCUT2D eigenvalue weighted by Crippen LogP contribution is -2.45. The van der Waals surface area contributed by atoms with Crippen LogP contribution in [0.15, 0.2) is 54.6 Å². The van der Waals surface area contributed by atoms with Gasteiger partial charge in [-0.25, -0.2) is 9.18 Å². The molecule has 3 N–H and O–H groups in total. The summed E-state index contributed by atoms with van der Waals surface area (Å²) in [6.07, 6.45) is -0.0826. The molecule has 7 heteroatoms. The number of carbonyl (C=O) groups is 2. The third kappa shape index (κ3) is 3.88. The van der Waals surface area contributed by atoms with Gasteiger partial charge in [-0.05, 0) is 24.3 Å². The van der Waals surface area contributed by atoms with Crippen molar-refractivity contribution >= 4 is 17.6 Å². The van der Waals surface area contributed by atoms with Crippen molar-refractivity contribution in [3.05, 3.63) is 60.4 Å². The lowest BCUT2D eigenvalue weighted by molar-refractivity contribution is -0.121. The minimum absolute atomic E-state index is 0.0446. The zero-order valence-electron chi connectivity index (χ0n) is 13.4. The van der Waals surface area contributed by atoms with Crippen molar-refractivity contribution in [2.45, 2.75) is 18.6 Å². The number of urea groups is 1. The molecule has 0 aromatic heterocycles. The standard InChI is InChI=1S/C18H18FN3O3/c19-14-8-4-5-9-15(14)21-18(24)22-11-13(10-16(22)17(20)23)25-12-6-2-1-3-7-12/h1-9,13,16H,10-11H2,(H2,20,23)(H,21,24)/t13-,16-/m0/s1. The number of likely N-dealkylation sites (tertiary alicyclic amines) is 1. The maximum Gasteiger partial charge on any atom is 0.322 e. The van der Waals surface area contributed by atoms with Gasteiger partial charge in [0.2, 0.25) is 5.91 Å². The summed E-state index contributed by atoms with van der Waals surface area (Å²) in [5, 5.41) is 2.47. The Balaban J connectivity index is 1.71. The van der Waals surface area contributed by atoms with Crippen LogP contribution in [0.3, 0.4) is 0 Å².